The van der Waals surface area contributed by atoms with Crippen molar-refractivity contribution in [3.63, 3.8) is 0 Å². The lowest BCUT2D eigenvalue weighted by atomic mass is 9.85. The molecule has 0 unspecified atom stereocenters. The van der Waals surface area contributed by atoms with Crippen LogP contribution in [-0.2, 0) is 14.3 Å². The Morgan fingerprint density at radius 2 is 1.54 bits per heavy atom. The minimum Gasteiger partial charge on any atom is -0.493 e. The number of aliphatic hydroxyl groups is 1. The summed E-state index contributed by atoms with van der Waals surface area (Å²) in [6, 6.07) is 31.6. The third kappa shape index (κ3) is 7.87. The summed E-state index contributed by atoms with van der Waals surface area (Å²) in [4.78, 5) is 71.1. The van der Waals surface area contributed by atoms with Crippen molar-refractivity contribution < 1.29 is 42.9 Å². The maximum atomic E-state index is 14.6. The van der Waals surface area contributed by atoms with Crippen molar-refractivity contribution in [1.82, 2.24) is 5.32 Å². The van der Waals surface area contributed by atoms with Gasteiger partial charge in [-0.25, -0.2) is 9.59 Å². The van der Waals surface area contributed by atoms with Crippen molar-refractivity contribution in [3.8, 4) is 5.75 Å². The van der Waals surface area contributed by atoms with Crippen LogP contribution in [0, 0.1) is 0 Å². The van der Waals surface area contributed by atoms with Gasteiger partial charge >= 0.3 is 17.6 Å². The number of esters is 2. The Labute approximate surface area is 321 Å². The second-order valence-corrected chi connectivity index (χ2v) is 13.1. The first-order valence-electron chi connectivity index (χ1n) is 18.2. The monoisotopic (exact) mass is 754 g/mol. The second-order valence-electron chi connectivity index (χ2n) is 13.1. The summed E-state index contributed by atoms with van der Waals surface area (Å²) >= 11 is 0. The number of nitrogens with zero attached hydrogens (tertiary/aromatic N) is 1. The van der Waals surface area contributed by atoms with Crippen LogP contribution < -0.4 is 20.6 Å². The molecule has 2 N–H and O–H groups in total. The minimum absolute atomic E-state index is 0.0357. The topological polar surface area (TPSA) is 162 Å². The number of nitrogens with one attached hydrogen (secondary N) is 1. The molecule has 3 atom stereocenters. The molecule has 0 saturated heterocycles. The van der Waals surface area contributed by atoms with Gasteiger partial charge in [0, 0.05) is 35.1 Å². The van der Waals surface area contributed by atoms with Gasteiger partial charge in [0.25, 0.3) is 11.8 Å². The maximum Gasteiger partial charge on any atom is 0.351 e. The van der Waals surface area contributed by atoms with Crippen molar-refractivity contribution in [2.75, 3.05) is 24.7 Å². The molecule has 56 heavy (non-hydrogen) atoms. The smallest absolute Gasteiger partial charge is 0.351 e. The average Bonchev–Trinajstić information content (AvgIpc) is 3.21. The number of benzene rings is 5. The van der Waals surface area contributed by atoms with Crippen LogP contribution in [0.25, 0.3) is 21.7 Å². The van der Waals surface area contributed by atoms with E-state index in [0.717, 1.165) is 10.8 Å². The summed E-state index contributed by atoms with van der Waals surface area (Å²) in [5, 5.41) is 14.6. The number of fused-ring (bicyclic) bond motifs is 3. The molecule has 0 fully saturated rings. The van der Waals surface area contributed by atoms with Gasteiger partial charge in [-0.2, -0.15) is 0 Å². The lowest BCUT2D eigenvalue weighted by molar-refractivity contribution is -0.144. The standard InChI is InChI=1S/C44H38N2O10/c1-2-53-38(48)26-36-40(56-44(52)34-24-30-15-8-9-16-37(30)55-43(34)51)39(45-41(49)31-18-17-27-11-6-7-14-29(27)23-31)33-25-32(54-22-10-21-47)19-20-35(33)46(36)42(50)28-12-4-3-5-13-28/h3-9,11-20,23-25,36,39-40,47H,2,10,21-22,26H2,1H3,(H,45,49)/t36-,39-,40-/m0/s1. The molecule has 2 heterocycles. The van der Waals surface area contributed by atoms with E-state index in [1.54, 1.807) is 91.9 Å². The van der Waals surface area contributed by atoms with Gasteiger partial charge < -0.3 is 34.0 Å². The number of carbonyl (C=O) groups excluding carboxylic acids is 4. The fourth-order valence-electron chi connectivity index (χ4n) is 6.90. The molecule has 1 aliphatic rings. The van der Waals surface area contributed by atoms with E-state index in [4.69, 9.17) is 18.6 Å². The van der Waals surface area contributed by atoms with Gasteiger partial charge in [-0.15, -0.1) is 0 Å². The molecule has 0 saturated carbocycles. The number of anilines is 1. The van der Waals surface area contributed by atoms with Crippen molar-refractivity contribution in [2.45, 2.75) is 38.0 Å². The van der Waals surface area contributed by atoms with Crippen LogP contribution in [-0.4, -0.2) is 60.8 Å². The Hall–Kier alpha value is -6.79. The molecule has 1 aliphatic heterocycles. The van der Waals surface area contributed by atoms with E-state index >= 15 is 0 Å². The molecule has 0 spiro atoms. The summed E-state index contributed by atoms with van der Waals surface area (Å²) in [6.45, 7) is 1.74. The van der Waals surface area contributed by atoms with Crippen LogP contribution in [0.5, 0.6) is 5.75 Å². The second kappa shape index (κ2) is 16.7. The maximum absolute atomic E-state index is 14.6. The molecule has 6 aromatic rings. The summed E-state index contributed by atoms with van der Waals surface area (Å²) in [5.74, 6) is -2.51. The fraction of sp³-hybridized carbons (Fsp3) is 0.205. The first kappa shape index (κ1) is 37.5. The number of aliphatic hydroxyl groups excluding tert-OH is 1. The van der Waals surface area contributed by atoms with Crippen LogP contribution in [0.3, 0.4) is 0 Å². The molecular formula is C44H38N2O10. The number of amides is 2. The SMILES string of the molecule is CCOC(=O)C[C@H]1[C@H](OC(=O)c2cc3ccccc3oc2=O)[C@@H](NC(=O)c2ccc3ccccc3c2)c2cc(OCCCO)ccc2N1C(=O)c1ccccc1. The molecular weight excluding hydrogens is 716 g/mol. The van der Waals surface area contributed by atoms with Gasteiger partial charge in [-0.1, -0.05) is 66.7 Å². The first-order chi connectivity index (χ1) is 27.2. The zero-order chi connectivity index (χ0) is 39.2. The molecule has 2 amide bonds. The van der Waals surface area contributed by atoms with Gasteiger partial charge in [-0.05, 0) is 72.3 Å². The Kier molecular flexibility index (Phi) is 11.2. The van der Waals surface area contributed by atoms with Crippen LogP contribution in [0.1, 0.15) is 62.4 Å². The zero-order valence-electron chi connectivity index (χ0n) is 30.4. The number of carbonyl (C=O) groups is 4. The van der Waals surface area contributed by atoms with E-state index in [-0.39, 0.29) is 31.0 Å². The molecule has 0 radical (unpaired) electrons. The molecule has 12 nitrogen and oxygen atoms in total. The quantitative estimate of drug-likeness (QED) is 0.0814. The van der Waals surface area contributed by atoms with Crippen LogP contribution >= 0.6 is 0 Å². The number of hydrogen-bond acceptors (Lipinski definition) is 10. The number of para-hydroxylation sites is 1. The molecule has 1 aromatic heterocycles. The predicted molar refractivity (Wildman–Crippen MR) is 208 cm³/mol. The van der Waals surface area contributed by atoms with Crippen LogP contribution in [0.15, 0.2) is 131 Å². The first-order valence-corrected chi connectivity index (χ1v) is 18.2. The van der Waals surface area contributed by atoms with E-state index in [2.05, 4.69) is 5.32 Å². The molecule has 0 bridgehead atoms. The lowest BCUT2D eigenvalue weighted by Gasteiger charge is -2.45. The molecule has 284 valence electrons. The Morgan fingerprint density at radius 1 is 0.804 bits per heavy atom. The van der Waals surface area contributed by atoms with Crippen LogP contribution in [0.4, 0.5) is 5.69 Å². The van der Waals surface area contributed by atoms with Crippen molar-refractivity contribution in [3.05, 3.63) is 154 Å². The molecule has 7 rings (SSSR count). The van der Waals surface area contributed by atoms with Crippen LogP contribution in [0.2, 0.25) is 0 Å². The third-order valence-corrected chi connectivity index (χ3v) is 9.53. The highest BCUT2D eigenvalue weighted by Crippen LogP contribution is 2.43. The number of ether oxygens (including phenoxy) is 3. The summed E-state index contributed by atoms with van der Waals surface area (Å²) < 4.78 is 23.0. The Balaban J connectivity index is 1.40. The van der Waals surface area contributed by atoms with Gasteiger partial charge in [0.15, 0.2) is 0 Å². The highest BCUT2D eigenvalue weighted by atomic mass is 16.6. The fourth-order valence-corrected chi connectivity index (χ4v) is 6.90. The van der Waals surface area contributed by atoms with E-state index < -0.39 is 59.6 Å². The third-order valence-electron chi connectivity index (χ3n) is 9.53. The van der Waals surface area contributed by atoms with E-state index in [1.165, 1.54) is 11.0 Å². The van der Waals surface area contributed by atoms with E-state index in [1.807, 2.05) is 30.3 Å². The number of hydrogen-bond donors (Lipinski definition) is 2. The highest BCUT2D eigenvalue weighted by molar-refractivity contribution is 6.08. The zero-order valence-corrected chi connectivity index (χ0v) is 30.4. The normalized spacial score (nSPS) is 16.2. The summed E-state index contributed by atoms with van der Waals surface area (Å²) in [6.07, 6.45) is -1.59. The minimum atomic E-state index is -1.48. The predicted octanol–water partition coefficient (Wildman–Crippen LogP) is 6.39. The summed E-state index contributed by atoms with van der Waals surface area (Å²) in [5.41, 5.74) is 0.0820. The summed E-state index contributed by atoms with van der Waals surface area (Å²) in [7, 11) is 0. The molecule has 5 aromatic carbocycles. The van der Waals surface area contributed by atoms with Crippen molar-refractivity contribution >= 4 is 51.2 Å². The van der Waals surface area contributed by atoms with Gasteiger partial charge in [0.2, 0.25) is 0 Å². The number of rotatable bonds is 12. The van der Waals surface area contributed by atoms with Gasteiger partial charge in [0.1, 0.15) is 23.0 Å². The van der Waals surface area contributed by atoms with Crippen molar-refractivity contribution in [2.24, 2.45) is 0 Å². The lowest BCUT2D eigenvalue weighted by Crippen LogP contribution is -2.58. The average molecular weight is 755 g/mol. The Morgan fingerprint density at radius 3 is 2.30 bits per heavy atom. The molecule has 12 heteroatoms. The van der Waals surface area contributed by atoms with Gasteiger partial charge in [-0.3, -0.25) is 14.4 Å². The largest absolute Gasteiger partial charge is 0.493 e. The highest BCUT2D eigenvalue weighted by Gasteiger charge is 2.48. The Bertz CT molecular complexity index is 2480. The van der Waals surface area contributed by atoms with E-state index in [9.17, 15) is 29.1 Å². The molecule has 0 aliphatic carbocycles. The van der Waals surface area contributed by atoms with E-state index in [0.29, 0.717) is 34.4 Å². The van der Waals surface area contributed by atoms with Gasteiger partial charge in [0.05, 0.1) is 37.4 Å². The van der Waals surface area contributed by atoms with Crippen molar-refractivity contribution in [1.29, 1.82) is 0 Å².